The monoisotopic (exact) mass is 277 g/mol. The first kappa shape index (κ1) is 14.9. The van der Waals surface area contributed by atoms with Crippen molar-refractivity contribution in [3.63, 3.8) is 0 Å². The van der Waals surface area contributed by atoms with Crippen LogP contribution < -0.4 is 5.32 Å². The van der Waals surface area contributed by atoms with E-state index < -0.39 is 0 Å². The van der Waals surface area contributed by atoms with Gasteiger partial charge in [-0.2, -0.15) is 0 Å². The van der Waals surface area contributed by atoms with Crippen LogP contribution in [-0.4, -0.2) is 48.1 Å². The molecule has 2 rings (SSSR count). The number of rotatable bonds is 6. The van der Waals surface area contributed by atoms with E-state index in [1.807, 2.05) is 25.1 Å². The third-order valence-electron chi connectivity index (χ3n) is 3.54. The zero-order valence-electron chi connectivity index (χ0n) is 12.0. The van der Waals surface area contributed by atoms with E-state index in [2.05, 4.69) is 10.3 Å². The number of pyridine rings is 1. The van der Waals surface area contributed by atoms with Crippen molar-refractivity contribution in [3.8, 4) is 0 Å². The van der Waals surface area contributed by atoms with Gasteiger partial charge < -0.3 is 15.0 Å². The standard InChI is InChI=1S/C15H23N3O2/c1-2-18(11-13-5-3-4-8-17-13)15(19)12-20-14-6-9-16-10-7-14/h3-5,8,14,16H,2,6-7,9-12H2,1H3. The van der Waals surface area contributed by atoms with Crippen LogP contribution in [0.2, 0.25) is 0 Å². The van der Waals surface area contributed by atoms with Gasteiger partial charge in [0.05, 0.1) is 18.3 Å². The van der Waals surface area contributed by atoms with Gasteiger partial charge in [0.1, 0.15) is 6.61 Å². The van der Waals surface area contributed by atoms with Gasteiger partial charge in [0.25, 0.3) is 0 Å². The lowest BCUT2D eigenvalue weighted by Crippen LogP contribution is -2.37. The average molecular weight is 277 g/mol. The van der Waals surface area contributed by atoms with Crippen molar-refractivity contribution < 1.29 is 9.53 Å². The van der Waals surface area contributed by atoms with Gasteiger partial charge in [-0.1, -0.05) is 6.07 Å². The van der Waals surface area contributed by atoms with E-state index in [0.29, 0.717) is 13.1 Å². The molecule has 1 aliphatic rings. The number of carbonyl (C=O) groups excluding carboxylic acids is 1. The Bertz CT molecular complexity index is 405. The highest BCUT2D eigenvalue weighted by Crippen LogP contribution is 2.08. The van der Waals surface area contributed by atoms with Gasteiger partial charge in [-0.25, -0.2) is 0 Å². The molecule has 0 aliphatic carbocycles. The van der Waals surface area contributed by atoms with Crippen LogP contribution in [-0.2, 0) is 16.1 Å². The molecular weight excluding hydrogens is 254 g/mol. The Kier molecular flexibility index (Phi) is 5.95. The second-order valence-corrected chi connectivity index (χ2v) is 4.99. The minimum Gasteiger partial charge on any atom is -0.368 e. The Morgan fingerprint density at radius 3 is 2.90 bits per heavy atom. The Balaban J connectivity index is 1.79. The number of nitrogens with one attached hydrogen (secondary N) is 1. The average Bonchev–Trinajstić information content (AvgIpc) is 2.52. The van der Waals surface area contributed by atoms with E-state index in [1.165, 1.54) is 0 Å². The second-order valence-electron chi connectivity index (χ2n) is 4.99. The molecule has 5 nitrogen and oxygen atoms in total. The van der Waals surface area contributed by atoms with Crippen LogP contribution in [0.25, 0.3) is 0 Å². The summed E-state index contributed by atoms with van der Waals surface area (Å²) in [6.45, 7) is 5.32. The number of likely N-dealkylation sites (N-methyl/N-ethyl adjacent to an activating group) is 1. The fourth-order valence-corrected chi connectivity index (χ4v) is 2.31. The smallest absolute Gasteiger partial charge is 0.248 e. The van der Waals surface area contributed by atoms with Gasteiger partial charge in [-0.15, -0.1) is 0 Å². The van der Waals surface area contributed by atoms with Crippen molar-refractivity contribution in [3.05, 3.63) is 30.1 Å². The molecule has 0 saturated carbocycles. The highest BCUT2D eigenvalue weighted by molar-refractivity contribution is 5.77. The predicted octanol–water partition coefficient (Wildman–Crippen LogP) is 1.20. The van der Waals surface area contributed by atoms with E-state index >= 15 is 0 Å². The molecule has 5 heteroatoms. The molecule has 1 aromatic rings. The first-order valence-corrected chi connectivity index (χ1v) is 7.29. The van der Waals surface area contributed by atoms with Gasteiger partial charge in [-0.05, 0) is 45.0 Å². The van der Waals surface area contributed by atoms with Crippen LogP contribution in [0.15, 0.2) is 24.4 Å². The predicted molar refractivity (Wildman–Crippen MR) is 77.2 cm³/mol. The number of nitrogens with zero attached hydrogens (tertiary/aromatic N) is 2. The molecule has 1 fully saturated rings. The molecule has 1 aromatic heterocycles. The van der Waals surface area contributed by atoms with Crippen molar-refractivity contribution in [2.75, 3.05) is 26.2 Å². The van der Waals surface area contributed by atoms with E-state index in [9.17, 15) is 4.79 Å². The van der Waals surface area contributed by atoms with Crippen LogP contribution in [0.5, 0.6) is 0 Å². The van der Waals surface area contributed by atoms with Crippen LogP contribution in [0.3, 0.4) is 0 Å². The summed E-state index contributed by atoms with van der Waals surface area (Å²) in [5.41, 5.74) is 0.907. The third-order valence-corrected chi connectivity index (χ3v) is 3.54. The summed E-state index contributed by atoms with van der Waals surface area (Å²) in [6, 6.07) is 5.75. The molecule has 20 heavy (non-hydrogen) atoms. The lowest BCUT2D eigenvalue weighted by Gasteiger charge is -2.25. The van der Waals surface area contributed by atoms with E-state index in [1.54, 1.807) is 11.1 Å². The summed E-state index contributed by atoms with van der Waals surface area (Å²) >= 11 is 0. The molecule has 0 unspecified atom stereocenters. The Hall–Kier alpha value is -1.46. The summed E-state index contributed by atoms with van der Waals surface area (Å²) in [4.78, 5) is 18.2. The summed E-state index contributed by atoms with van der Waals surface area (Å²) in [7, 11) is 0. The maximum Gasteiger partial charge on any atom is 0.248 e. The molecule has 0 bridgehead atoms. The zero-order valence-corrected chi connectivity index (χ0v) is 12.0. The van der Waals surface area contributed by atoms with Crippen molar-refractivity contribution in [2.45, 2.75) is 32.4 Å². The van der Waals surface area contributed by atoms with E-state index in [-0.39, 0.29) is 18.6 Å². The highest BCUT2D eigenvalue weighted by atomic mass is 16.5. The zero-order chi connectivity index (χ0) is 14.2. The van der Waals surface area contributed by atoms with Crippen LogP contribution in [0.1, 0.15) is 25.5 Å². The van der Waals surface area contributed by atoms with Gasteiger partial charge in [0.2, 0.25) is 5.91 Å². The molecule has 1 aliphatic heterocycles. The molecule has 0 atom stereocenters. The lowest BCUT2D eigenvalue weighted by atomic mass is 10.1. The Labute approximate surface area is 120 Å². The maximum atomic E-state index is 12.2. The number of aromatic nitrogens is 1. The molecule has 0 spiro atoms. The second kappa shape index (κ2) is 7.97. The molecule has 2 heterocycles. The summed E-state index contributed by atoms with van der Waals surface area (Å²) in [5.74, 6) is 0.0386. The molecule has 1 N–H and O–H groups in total. The van der Waals surface area contributed by atoms with Crippen LogP contribution in [0.4, 0.5) is 0 Å². The molecular formula is C15H23N3O2. The summed E-state index contributed by atoms with van der Waals surface area (Å²) in [6.07, 6.45) is 3.94. The van der Waals surface area contributed by atoms with Gasteiger partial charge in [0.15, 0.2) is 0 Å². The van der Waals surface area contributed by atoms with Crippen molar-refractivity contribution in [2.24, 2.45) is 0 Å². The topological polar surface area (TPSA) is 54.5 Å². The molecule has 110 valence electrons. The molecule has 0 aromatic carbocycles. The van der Waals surface area contributed by atoms with Crippen molar-refractivity contribution in [1.82, 2.24) is 15.2 Å². The molecule has 1 amide bonds. The lowest BCUT2D eigenvalue weighted by molar-refractivity contribution is -0.139. The third kappa shape index (κ3) is 4.58. The minimum absolute atomic E-state index is 0.0386. The van der Waals surface area contributed by atoms with Crippen molar-refractivity contribution in [1.29, 1.82) is 0 Å². The van der Waals surface area contributed by atoms with Gasteiger partial charge in [-0.3, -0.25) is 9.78 Å². The largest absolute Gasteiger partial charge is 0.368 e. The van der Waals surface area contributed by atoms with Gasteiger partial charge in [0, 0.05) is 12.7 Å². The van der Waals surface area contributed by atoms with Crippen LogP contribution >= 0.6 is 0 Å². The number of hydrogen-bond donors (Lipinski definition) is 1. The molecule has 0 radical (unpaired) electrons. The quantitative estimate of drug-likeness (QED) is 0.849. The first-order chi connectivity index (χ1) is 9.79. The minimum atomic E-state index is 0.0386. The summed E-state index contributed by atoms with van der Waals surface area (Å²) in [5, 5.41) is 3.29. The molecule has 1 saturated heterocycles. The first-order valence-electron chi connectivity index (χ1n) is 7.29. The Morgan fingerprint density at radius 1 is 1.45 bits per heavy atom. The van der Waals surface area contributed by atoms with Crippen molar-refractivity contribution >= 4 is 5.91 Å². The highest BCUT2D eigenvalue weighted by Gasteiger charge is 2.17. The fourth-order valence-electron chi connectivity index (χ4n) is 2.31. The fraction of sp³-hybridized carbons (Fsp3) is 0.600. The van der Waals surface area contributed by atoms with E-state index in [0.717, 1.165) is 31.6 Å². The Morgan fingerprint density at radius 2 is 2.25 bits per heavy atom. The number of piperidine rings is 1. The normalized spacial score (nSPS) is 16.1. The number of carbonyl (C=O) groups is 1. The summed E-state index contributed by atoms with van der Waals surface area (Å²) < 4.78 is 5.71. The van der Waals surface area contributed by atoms with Gasteiger partial charge >= 0.3 is 0 Å². The number of hydrogen-bond acceptors (Lipinski definition) is 4. The number of amides is 1. The number of ether oxygens (including phenoxy) is 1. The SMILES string of the molecule is CCN(Cc1ccccn1)C(=O)COC1CCNCC1. The van der Waals surface area contributed by atoms with E-state index in [4.69, 9.17) is 4.74 Å². The maximum absolute atomic E-state index is 12.2. The van der Waals surface area contributed by atoms with Crippen LogP contribution in [0, 0.1) is 0 Å².